The van der Waals surface area contributed by atoms with Crippen LogP contribution in [0.3, 0.4) is 0 Å². The first-order valence-corrected chi connectivity index (χ1v) is 8.49. The molecule has 3 heteroatoms. The monoisotopic (exact) mass is 284 g/mol. The van der Waals surface area contributed by atoms with Gasteiger partial charge in [0, 0.05) is 13.0 Å². The normalized spacial score (nSPS) is 46.4. The predicted molar refractivity (Wildman–Crippen MR) is 80.6 cm³/mol. The minimum Gasteiger partial charge on any atom is -0.376 e. The molecule has 0 saturated carbocycles. The highest BCUT2D eigenvalue weighted by Crippen LogP contribution is 2.35. The van der Waals surface area contributed by atoms with Crippen LogP contribution < -0.4 is 0 Å². The topological polar surface area (TPSA) is 27.7 Å². The Labute approximate surface area is 124 Å². The van der Waals surface area contributed by atoms with E-state index in [0.717, 1.165) is 32.3 Å². The fraction of sp³-hybridized carbons (Fsp3) is 1.00. The maximum absolute atomic E-state index is 6.35. The number of rotatable bonds is 4. The standard InChI is InChI=1S/C17H32O3/c1-6-14-13(5)12(4)10-16(19-14)20-17-11(3)8-9-18-15(17)7-2/h11-17H,6-10H2,1-5H3. The zero-order chi connectivity index (χ0) is 14.7. The van der Waals surface area contributed by atoms with Gasteiger partial charge in [-0.3, -0.25) is 0 Å². The van der Waals surface area contributed by atoms with Crippen molar-refractivity contribution in [3.8, 4) is 0 Å². The van der Waals surface area contributed by atoms with E-state index in [0.29, 0.717) is 23.9 Å². The first-order chi connectivity index (χ1) is 9.56. The van der Waals surface area contributed by atoms with E-state index >= 15 is 0 Å². The van der Waals surface area contributed by atoms with Crippen LogP contribution in [0.15, 0.2) is 0 Å². The van der Waals surface area contributed by atoms with Crippen LogP contribution in [0.5, 0.6) is 0 Å². The van der Waals surface area contributed by atoms with Crippen LogP contribution in [0.1, 0.15) is 60.3 Å². The predicted octanol–water partition coefficient (Wildman–Crippen LogP) is 4.00. The molecule has 0 amide bonds. The van der Waals surface area contributed by atoms with Crippen LogP contribution in [-0.2, 0) is 14.2 Å². The molecule has 2 saturated heterocycles. The molecule has 0 bridgehead atoms. The molecule has 0 aliphatic carbocycles. The third-order valence-electron chi connectivity index (χ3n) is 5.32. The largest absolute Gasteiger partial charge is 0.376 e. The molecule has 2 rings (SSSR count). The summed E-state index contributed by atoms with van der Waals surface area (Å²) >= 11 is 0. The minimum absolute atomic E-state index is 0.0469. The Morgan fingerprint density at radius 2 is 1.70 bits per heavy atom. The van der Waals surface area contributed by atoms with Crippen LogP contribution in [0.4, 0.5) is 0 Å². The molecule has 20 heavy (non-hydrogen) atoms. The lowest BCUT2D eigenvalue weighted by Gasteiger charge is -2.43. The van der Waals surface area contributed by atoms with E-state index in [1.807, 2.05) is 0 Å². The molecule has 2 heterocycles. The molecular formula is C17H32O3. The molecule has 0 aromatic carbocycles. The summed E-state index contributed by atoms with van der Waals surface area (Å²) in [5, 5.41) is 0. The molecule has 0 aromatic heterocycles. The van der Waals surface area contributed by atoms with E-state index in [-0.39, 0.29) is 18.5 Å². The van der Waals surface area contributed by atoms with Crippen LogP contribution in [0.2, 0.25) is 0 Å². The van der Waals surface area contributed by atoms with Gasteiger partial charge in [-0.25, -0.2) is 0 Å². The SMILES string of the molecule is CCC1OC(OC2C(C)CCOC2CC)CC(C)C1C. The Hall–Kier alpha value is -0.120. The smallest absolute Gasteiger partial charge is 0.158 e. The fourth-order valence-corrected chi connectivity index (χ4v) is 3.59. The Balaban J connectivity index is 1.97. The van der Waals surface area contributed by atoms with Crippen LogP contribution >= 0.6 is 0 Å². The lowest BCUT2D eigenvalue weighted by atomic mass is 9.84. The summed E-state index contributed by atoms with van der Waals surface area (Å²) in [5.74, 6) is 1.85. The highest BCUT2D eigenvalue weighted by Gasteiger charge is 2.38. The van der Waals surface area contributed by atoms with Crippen molar-refractivity contribution in [2.45, 2.75) is 84.9 Å². The lowest BCUT2D eigenvalue weighted by Crippen LogP contribution is -2.47. The second-order valence-corrected chi connectivity index (χ2v) is 6.77. The van der Waals surface area contributed by atoms with Crippen molar-refractivity contribution in [1.82, 2.24) is 0 Å². The van der Waals surface area contributed by atoms with Crippen molar-refractivity contribution in [1.29, 1.82) is 0 Å². The van der Waals surface area contributed by atoms with E-state index in [2.05, 4.69) is 34.6 Å². The van der Waals surface area contributed by atoms with Crippen molar-refractivity contribution in [3.63, 3.8) is 0 Å². The summed E-state index contributed by atoms with van der Waals surface area (Å²) in [6, 6.07) is 0. The van der Waals surface area contributed by atoms with Gasteiger partial charge in [0.2, 0.25) is 0 Å². The Bertz CT molecular complexity index is 294. The molecule has 2 fully saturated rings. The van der Waals surface area contributed by atoms with Gasteiger partial charge in [-0.05, 0) is 37.0 Å². The van der Waals surface area contributed by atoms with Gasteiger partial charge in [0.1, 0.15) is 0 Å². The number of hydrogen-bond donors (Lipinski definition) is 0. The maximum atomic E-state index is 6.35. The molecule has 118 valence electrons. The number of hydrogen-bond acceptors (Lipinski definition) is 3. The fourth-order valence-electron chi connectivity index (χ4n) is 3.59. The summed E-state index contributed by atoms with van der Waals surface area (Å²) in [7, 11) is 0. The molecule has 7 unspecified atom stereocenters. The van der Waals surface area contributed by atoms with Gasteiger partial charge in [-0.1, -0.05) is 34.6 Å². The third-order valence-corrected chi connectivity index (χ3v) is 5.32. The minimum atomic E-state index is -0.0469. The summed E-state index contributed by atoms with van der Waals surface area (Å²) in [6.07, 6.45) is 4.91. The first kappa shape index (κ1) is 16.3. The van der Waals surface area contributed by atoms with Gasteiger partial charge >= 0.3 is 0 Å². The van der Waals surface area contributed by atoms with Crippen LogP contribution in [0, 0.1) is 17.8 Å². The molecule has 0 aromatic rings. The molecule has 3 nitrogen and oxygen atoms in total. The molecule has 0 N–H and O–H groups in total. The molecule has 0 radical (unpaired) electrons. The zero-order valence-corrected chi connectivity index (χ0v) is 13.8. The molecule has 2 aliphatic heterocycles. The highest BCUT2D eigenvalue weighted by atomic mass is 16.7. The first-order valence-electron chi connectivity index (χ1n) is 8.49. The van der Waals surface area contributed by atoms with Gasteiger partial charge < -0.3 is 14.2 Å². The van der Waals surface area contributed by atoms with Crippen LogP contribution in [0.25, 0.3) is 0 Å². The summed E-state index contributed by atoms with van der Waals surface area (Å²) in [5.41, 5.74) is 0. The zero-order valence-electron chi connectivity index (χ0n) is 13.8. The van der Waals surface area contributed by atoms with Crippen molar-refractivity contribution in [2.24, 2.45) is 17.8 Å². The van der Waals surface area contributed by atoms with Gasteiger partial charge in [0.15, 0.2) is 6.29 Å². The summed E-state index contributed by atoms with van der Waals surface area (Å²) in [4.78, 5) is 0. The molecule has 0 spiro atoms. The molecule has 7 atom stereocenters. The van der Waals surface area contributed by atoms with E-state index in [4.69, 9.17) is 14.2 Å². The van der Waals surface area contributed by atoms with Crippen molar-refractivity contribution < 1.29 is 14.2 Å². The van der Waals surface area contributed by atoms with Gasteiger partial charge in [0.25, 0.3) is 0 Å². The molecular weight excluding hydrogens is 252 g/mol. The average Bonchev–Trinajstić information content (AvgIpc) is 2.44. The van der Waals surface area contributed by atoms with Crippen molar-refractivity contribution >= 4 is 0 Å². The summed E-state index contributed by atoms with van der Waals surface area (Å²) in [6.45, 7) is 12.2. The second-order valence-electron chi connectivity index (χ2n) is 6.77. The van der Waals surface area contributed by atoms with Gasteiger partial charge in [0.05, 0.1) is 18.3 Å². The average molecular weight is 284 g/mol. The van der Waals surface area contributed by atoms with Gasteiger partial charge in [-0.15, -0.1) is 0 Å². The molecule has 2 aliphatic rings. The number of ether oxygens (including phenoxy) is 3. The lowest BCUT2D eigenvalue weighted by molar-refractivity contribution is -0.269. The van der Waals surface area contributed by atoms with E-state index in [9.17, 15) is 0 Å². The Kier molecular flexibility index (Phi) is 5.88. The third kappa shape index (κ3) is 3.55. The van der Waals surface area contributed by atoms with E-state index < -0.39 is 0 Å². The maximum Gasteiger partial charge on any atom is 0.158 e. The highest BCUT2D eigenvalue weighted by molar-refractivity contribution is 4.83. The van der Waals surface area contributed by atoms with Crippen LogP contribution in [-0.4, -0.2) is 31.2 Å². The Morgan fingerprint density at radius 3 is 2.35 bits per heavy atom. The Morgan fingerprint density at radius 1 is 1.00 bits per heavy atom. The van der Waals surface area contributed by atoms with E-state index in [1.165, 1.54) is 0 Å². The second kappa shape index (κ2) is 7.24. The van der Waals surface area contributed by atoms with Gasteiger partial charge in [-0.2, -0.15) is 0 Å². The summed E-state index contributed by atoms with van der Waals surface area (Å²) < 4.78 is 18.4. The van der Waals surface area contributed by atoms with Crippen molar-refractivity contribution in [3.05, 3.63) is 0 Å². The van der Waals surface area contributed by atoms with E-state index in [1.54, 1.807) is 0 Å². The quantitative estimate of drug-likeness (QED) is 0.781. The van der Waals surface area contributed by atoms with Crippen molar-refractivity contribution in [2.75, 3.05) is 6.61 Å².